The Morgan fingerprint density at radius 2 is 1.27 bits per heavy atom. The third-order valence-electron chi connectivity index (χ3n) is 5.68. The zero-order chi connectivity index (χ0) is 25.9. The van der Waals surface area contributed by atoms with Gasteiger partial charge in [0, 0.05) is 6.42 Å². The standard InChI is InChI=1S/C21H38N4O8/c1-6-10(3)15(22)18(29)24-16(11(4)7-2)19(30)25-17(12(5)26)20(31)23-13(21(32)33)8-9-14(27)28/h10-13,15-17,26H,6-9,22H2,1-5H3,(H,23,31)(H,24,29)(H,25,30)(H,27,28)(H,32,33). The first-order valence-corrected chi connectivity index (χ1v) is 11.1. The van der Waals surface area contributed by atoms with Crippen LogP contribution in [0.5, 0.6) is 0 Å². The quantitative estimate of drug-likeness (QED) is 0.158. The van der Waals surface area contributed by atoms with E-state index < -0.39 is 66.4 Å². The Bertz CT molecular complexity index is 700. The van der Waals surface area contributed by atoms with Crippen molar-refractivity contribution in [1.29, 1.82) is 0 Å². The second-order valence-electron chi connectivity index (χ2n) is 8.34. The van der Waals surface area contributed by atoms with Crippen LogP contribution in [-0.4, -0.2) is 75.3 Å². The van der Waals surface area contributed by atoms with Crippen LogP contribution < -0.4 is 21.7 Å². The summed E-state index contributed by atoms with van der Waals surface area (Å²) in [5, 5.41) is 35.1. The zero-order valence-electron chi connectivity index (χ0n) is 19.8. The average molecular weight is 475 g/mol. The molecule has 0 rings (SSSR count). The Morgan fingerprint density at radius 1 is 0.788 bits per heavy atom. The number of carbonyl (C=O) groups excluding carboxylic acids is 3. The highest BCUT2D eigenvalue weighted by molar-refractivity contribution is 5.94. The fourth-order valence-electron chi connectivity index (χ4n) is 2.90. The maximum atomic E-state index is 12.9. The van der Waals surface area contributed by atoms with Crippen molar-refractivity contribution in [3.63, 3.8) is 0 Å². The average Bonchev–Trinajstić information content (AvgIpc) is 2.75. The van der Waals surface area contributed by atoms with E-state index in [1.807, 2.05) is 13.8 Å². The van der Waals surface area contributed by atoms with Gasteiger partial charge in [0.2, 0.25) is 17.7 Å². The highest BCUT2D eigenvalue weighted by Gasteiger charge is 2.34. The molecule has 0 radical (unpaired) electrons. The van der Waals surface area contributed by atoms with Gasteiger partial charge in [-0.3, -0.25) is 19.2 Å². The van der Waals surface area contributed by atoms with Crippen molar-refractivity contribution in [2.45, 2.75) is 90.6 Å². The lowest BCUT2D eigenvalue weighted by Crippen LogP contribution is -2.61. The summed E-state index contributed by atoms with van der Waals surface area (Å²) in [6.07, 6.45) is -1.11. The molecule has 0 aliphatic rings. The minimum atomic E-state index is -1.53. The van der Waals surface area contributed by atoms with Crippen LogP contribution in [-0.2, 0) is 24.0 Å². The fourth-order valence-corrected chi connectivity index (χ4v) is 2.90. The summed E-state index contributed by atoms with van der Waals surface area (Å²) in [4.78, 5) is 60.1. The Labute approximate surface area is 193 Å². The van der Waals surface area contributed by atoms with E-state index in [0.29, 0.717) is 12.8 Å². The van der Waals surface area contributed by atoms with Crippen LogP contribution in [0.4, 0.5) is 0 Å². The minimum Gasteiger partial charge on any atom is -0.481 e. The number of carbonyl (C=O) groups is 5. The Morgan fingerprint density at radius 3 is 1.70 bits per heavy atom. The van der Waals surface area contributed by atoms with Crippen LogP contribution in [0.1, 0.15) is 60.3 Å². The molecule has 12 nitrogen and oxygen atoms in total. The number of hydrogen-bond donors (Lipinski definition) is 7. The summed E-state index contributed by atoms with van der Waals surface area (Å²) in [6, 6.07) is -4.94. The molecular weight excluding hydrogens is 436 g/mol. The van der Waals surface area contributed by atoms with Crippen LogP contribution in [0.3, 0.4) is 0 Å². The van der Waals surface area contributed by atoms with E-state index in [1.165, 1.54) is 6.92 Å². The molecule has 8 N–H and O–H groups in total. The van der Waals surface area contributed by atoms with Gasteiger partial charge in [-0.2, -0.15) is 0 Å². The zero-order valence-corrected chi connectivity index (χ0v) is 19.8. The van der Waals surface area contributed by atoms with Crippen molar-refractivity contribution in [1.82, 2.24) is 16.0 Å². The molecule has 0 bridgehead atoms. The first-order chi connectivity index (χ1) is 15.3. The van der Waals surface area contributed by atoms with Gasteiger partial charge in [0.1, 0.15) is 18.1 Å². The molecule has 0 spiro atoms. The number of aliphatic hydroxyl groups excluding tert-OH is 1. The van der Waals surface area contributed by atoms with E-state index >= 15 is 0 Å². The van der Waals surface area contributed by atoms with Crippen LogP contribution in [0.2, 0.25) is 0 Å². The van der Waals surface area contributed by atoms with Crippen LogP contribution in [0.25, 0.3) is 0 Å². The van der Waals surface area contributed by atoms with Crippen LogP contribution in [0, 0.1) is 11.8 Å². The number of aliphatic carboxylic acids is 2. The monoisotopic (exact) mass is 474 g/mol. The normalized spacial score (nSPS) is 17.4. The summed E-state index contributed by atoms with van der Waals surface area (Å²) in [5.41, 5.74) is 5.95. The third-order valence-corrected chi connectivity index (χ3v) is 5.68. The number of carboxylic acids is 2. The van der Waals surface area contributed by atoms with Crippen molar-refractivity contribution in [3.05, 3.63) is 0 Å². The van der Waals surface area contributed by atoms with E-state index in [0.717, 1.165) is 0 Å². The highest BCUT2D eigenvalue weighted by atomic mass is 16.4. The minimum absolute atomic E-state index is 0.125. The molecule has 0 heterocycles. The van der Waals surface area contributed by atoms with Gasteiger partial charge in [-0.15, -0.1) is 0 Å². The molecule has 0 aromatic rings. The number of nitrogens with two attached hydrogens (primary N) is 1. The maximum Gasteiger partial charge on any atom is 0.326 e. The number of nitrogens with one attached hydrogen (secondary N) is 3. The number of carboxylic acid groups (broad SMARTS) is 2. The first kappa shape index (κ1) is 30.3. The van der Waals surface area contributed by atoms with Crippen molar-refractivity contribution in [2.24, 2.45) is 17.6 Å². The molecule has 0 saturated heterocycles. The molecule has 7 unspecified atom stereocenters. The summed E-state index contributed by atoms with van der Waals surface area (Å²) < 4.78 is 0. The van der Waals surface area contributed by atoms with Crippen molar-refractivity contribution >= 4 is 29.7 Å². The van der Waals surface area contributed by atoms with E-state index in [4.69, 9.17) is 10.8 Å². The van der Waals surface area contributed by atoms with E-state index in [-0.39, 0.29) is 18.3 Å². The van der Waals surface area contributed by atoms with Crippen LogP contribution >= 0.6 is 0 Å². The smallest absolute Gasteiger partial charge is 0.326 e. The van der Waals surface area contributed by atoms with Gasteiger partial charge in [0.05, 0.1) is 12.1 Å². The van der Waals surface area contributed by atoms with Crippen molar-refractivity contribution in [2.75, 3.05) is 0 Å². The predicted octanol–water partition coefficient (Wildman–Crippen LogP) is -0.809. The highest BCUT2D eigenvalue weighted by Crippen LogP contribution is 2.12. The topological polar surface area (TPSA) is 208 Å². The summed E-state index contributed by atoms with van der Waals surface area (Å²) >= 11 is 0. The lowest BCUT2D eigenvalue weighted by molar-refractivity contribution is -0.144. The third kappa shape index (κ3) is 10.2. The van der Waals surface area contributed by atoms with E-state index in [9.17, 15) is 34.2 Å². The molecular formula is C21H38N4O8. The Hall–Kier alpha value is -2.73. The molecule has 0 aliphatic carbocycles. The molecule has 0 aromatic heterocycles. The lowest BCUT2D eigenvalue weighted by Gasteiger charge is -2.29. The van der Waals surface area contributed by atoms with Crippen LogP contribution in [0.15, 0.2) is 0 Å². The second-order valence-corrected chi connectivity index (χ2v) is 8.34. The Balaban J connectivity index is 5.51. The molecule has 0 aromatic carbocycles. The SMILES string of the molecule is CCC(C)C(N)C(=O)NC(C(=O)NC(C(=O)NC(CCC(=O)O)C(=O)O)C(C)O)C(C)CC. The van der Waals surface area contributed by atoms with Crippen molar-refractivity contribution < 1.29 is 39.3 Å². The molecule has 0 aliphatic heterocycles. The van der Waals surface area contributed by atoms with E-state index in [1.54, 1.807) is 13.8 Å². The molecule has 7 atom stereocenters. The Kier molecular flexibility index (Phi) is 13.2. The summed E-state index contributed by atoms with van der Waals surface area (Å²) in [5.74, 6) is -5.42. The first-order valence-electron chi connectivity index (χ1n) is 11.1. The molecule has 190 valence electrons. The van der Waals surface area contributed by atoms with Gasteiger partial charge in [-0.25, -0.2) is 4.79 Å². The molecule has 33 heavy (non-hydrogen) atoms. The number of rotatable bonds is 15. The molecule has 0 fully saturated rings. The van der Waals surface area contributed by atoms with Gasteiger partial charge in [-0.05, 0) is 25.2 Å². The van der Waals surface area contributed by atoms with Gasteiger partial charge in [0.15, 0.2) is 0 Å². The van der Waals surface area contributed by atoms with E-state index in [2.05, 4.69) is 16.0 Å². The maximum absolute atomic E-state index is 12.9. The lowest BCUT2D eigenvalue weighted by atomic mass is 9.95. The molecule has 0 saturated carbocycles. The largest absolute Gasteiger partial charge is 0.481 e. The summed E-state index contributed by atoms with van der Waals surface area (Å²) in [6.45, 7) is 8.45. The van der Waals surface area contributed by atoms with Gasteiger partial charge in [-0.1, -0.05) is 40.5 Å². The predicted molar refractivity (Wildman–Crippen MR) is 119 cm³/mol. The second kappa shape index (κ2) is 14.4. The number of amides is 3. The van der Waals surface area contributed by atoms with Gasteiger partial charge >= 0.3 is 11.9 Å². The fraction of sp³-hybridized carbons (Fsp3) is 0.762. The number of aliphatic hydroxyl groups is 1. The molecule has 3 amide bonds. The number of hydrogen-bond acceptors (Lipinski definition) is 7. The van der Waals surface area contributed by atoms with Gasteiger partial charge < -0.3 is 37.0 Å². The van der Waals surface area contributed by atoms with Crippen molar-refractivity contribution in [3.8, 4) is 0 Å². The van der Waals surface area contributed by atoms with Gasteiger partial charge in [0.25, 0.3) is 0 Å². The summed E-state index contributed by atoms with van der Waals surface area (Å²) in [7, 11) is 0. The molecule has 12 heteroatoms.